The Morgan fingerprint density at radius 3 is 2.37 bits per heavy atom. The van der Waals surface area contributed by atoms with E-state index in [9.17, 15) is 9.59 Å². The van der Waals surface area contributed by atoms with Gasteiger partial charge in [-0.2, -0.15) is 0 Å². The molecule has 5 nitrogen and oxygen atoms in total. The molecule has 0 fully saturated rings. The fraction of sp³-hybridized carbons (Fsp3) is 0.500. The number of nitrogens with one attached hydrogen (secondary N) is 2. The Morgan fingerprint density at radius 2 is 2.00 bits per heavy atom. The van der Waals surface area contributed by atoms with Crippen LogP contribution in [0.15, 0.2) is 6.07 Å². The van der Waals surface area contributed by atoms with Gasteiger partial charge in [0.1, 0.15) is 10.8 Å². The molecule has 0 aliphatic rings. The molecule has 0 bridgehead atoms. The molecule has 1 unspecified atom stereocenters. The average molecular weight is 307 g/mol. The van der Waals surface area contributed by atoms with Gasteiger partial charge in [0.25, 0.3) is 5.91 Å². The summed E-state index contributed by atoms with van der Waals surface area (Å²) >= 11 is 11.5. The standard InChI is InChI=1S/C12H16Cl2N2O3/c1-12(2,3)8(5-9(17)18)16-11(19)7-4-6(13)10(14)15-7/h4,8,15H,5H2,1-3H3,(H,16,19)(H,17,18). The van der Waals surface area contributed by atoms with Crippen molar-refractivity contribution in [3.05, 3.63) is 21.9 Å². The number of H-pyrrole nitrogens is 1. The summed E-state index contributed by atoms with van der Waals surface area (Å²) in [5, 5.41) is 12.0. The quantitative estimate of drug-likeness (QED) is 0.800. The van der Waals surface area contributed by atoms with Crippen molar-refractivity contribution >= 4 is 35.1 Å². The highest BCUT2D eigenvalue weighted by Crippen LogP contribution is 2.24. The molecule has 1 atom stereocenters. The molecule has 0 aliphatic carbocycles. The fourth-order valence-electron chi connectivity index (χ4n) is 1.51. The first-order valence-corrected chi connectivity index (χ1v) is 6.43. The van der Waals surface area contributed by atoms with Gasteiger partial charge in [-0.15, -0.1) is 0 Å². The van der Waals surface area contributed by atoms with Crippen molar-refractivity contribution in [1.29, 1.82) is 0 Å². The third kappa shape index (κ3) is 4.44. The maximum Gasteiger partial charge on any atom is 0.305 e. The van der Waals surface area contributed by atoms with Crippen molar-refractivity contribution in [3.63, 3.8) is 0 Å². The number of hydrogen-bond donors (Lipinski definition) is 3. The van der Waals surface area contributed by atoms with Crippen molar-refractivity contribution in [2.45, 2.75) is 33.2 Å². The molecule has 0 spiro atoms. The molecular formula is C12H16Cl2N2O3. The van der Waals surface area contributed by atoms with Crippen LogP contribution < -0.4 is 5.32 Å². The lowest BCUT2D eigenvalue weighted by molar-refractivity contribution is -0.138. The second kappa shape index (κ2) is 5.84. The van der Waals surface area contributed by atoms with Gasteiger partial charge in [0, 0.05) is 6.04 Å². The van der Waals surface area contributed by atoms with E-state index < -0.39 is 17.9 Å². The largest absolute Gasteiger partial charge is 0.481 e. The molecule has 0 radical (unpaired) electrons. The molecule has 0 aliphatic heterocycles. The number of carboxylic acids is 1. The van der Waals surface area contributed by atoms with Gasteiger partial charge in [0.05, 0.1) is 11.4 Å². The van der Waals surface area contributed by atoms with Crippen LogP contribution in [-0.2, 0) is 4.79 Å². The third-order valence-electron chi connectivity index (χ3n) is 2.70. The fourth-order valence-corrected chi connectivity index (χ4v) is 1.82. The number of amides is 1. The Hall–Kier alpha value is -1.20. The first-order valence-electron chi connectivity index (χ1n) is 5.68. The zero-order chi connectivity index (χ0) is 14.8. The van der Waals surface area contributed by atoms with E-state index in [0.29, 0.717) is 0 Å². The van der Waals surface area contributed by atoms with Crippen molar-refractivity contribution in [2.24, 2.45) is 5.41 Å². The van der Waals surface area contributed by atoms with E-state index in [1.807, 2.05) is 20.8 Å². The topological polar surface area (TPSA) is 82.2 Å². The zero-order valence-electron chi connectivity index (χ0n) is 10.9. The molecule has 0 saturated heterocycles. The van der Waals surface area contributed by atoms with Crippen LogP contribution in [0.3, 0.4) is 0 Å². The van der Waals surface area contributed by atoms with E-state index in [-0.39, 0.29) is 27.7 Å². The maximum absolute atomic E-state index is 12.0. The van der Waals surface area contributed by atoms with Gasteiger partial charge in [0.15, 0.2) is 0 Å². The summed E-state index contributed by atoms with van der Waals surface area (Å²) in [6.45, 7) is 5.57. The van der Waals surface area contributed by atoms with Crippen molar-refractivity contribution in [1.82, 2.24) is 10.3 Å². The number of carboxylic acid groups (broad SMARTS) is 1. The van der Waals surface area contributed by atoms with Crippen LogP contribution in [0.1, 0.15) is 37.7 Å². The summed E-state index contributed by atoms with van der Waals surface area (Å²) in [4.78, 5) is 25.5. The molecule has 3 N–H and O–H groups in total. The number of aliphatic carboxylic acids is 1. The molecule has 1 aromatic rings. The number of rotatable bonds is 4. The Bertz CT molecular complexity index is 472. The number of carbonyl (C=O) groups excluding carboxylic acids is 1. The number of hydrogen-bond acceptors (Lipinski definition) is 2. The number of halogens is 2. The van der Waals surface area contributed by atoms with Crippen LogP contribution >= 0.6 is 23.2 Å². The summed E-state index contributed by atoms with van der Waals surface area (Å²) < 4.78 is 0. The Balaban J connectivity index is 2.84. The first-order chi connectivity index (χ1) is 8.61. The normalized spacial score (nSPS) is 13.1. The molecule has 1 rings (SSSR count). The van der Waals surface area contributed by atoms with Gasteiger partial charge in [-0.1, -0.05) is 44.0 Å². The van der Waals surface area contributed by atoms with Crippen LogP contribution in [0.2, 0.25) is 10.2 Å². The minimum atomic E-state index is -0.970. The van der Waals surface area contributed by atoms with Crippen LogP contribution in [-0.4, -0.2) is 28.0 Å². The van der Waals surface area contributed by atoms with Crippen LogP contribution in [0.25, 0.3) is 0 Å². The number of carbonyl (C=O) groups is 2. The SMILES string of the molecule is CC(C)(C)C(CC(=O)O)NC(=O)c1cc(Cl)c(Cl)[nH]1. The highest BCUT2D eigenvalue weighted by atomic mass is 35.5. The molecule has 0 aromatic carbocycles. The molecule has 106 valence electrons. The van der Waals surface area contributed by atoms with Crippen LogP contribution in [0.5, 0.6) is 0 Å². The minimum Gasteiger partial charge on any atom is -0.481 e. The van der Waals surface area contributed by atoms with Gasteiger partial charge in [-0.3, -0.25) is 9.59 Å². The van der Waals surface area contributed by atoms with Gasteiger partial charge < -0.3 is 15.4 Å². The highest BCUT2D eigenvalue weighted by molar-refractivity contribution is 6.41. The van der Waals surface area contributed by atoms with E-state index >= 15 is 0 Å². The van der Waals surface area contributed by atoms with E-state index in [1.54, 1.807) is 0 Å². The lowest BCUT2D eigenvalue weighted by Gasteiger charge is -2.30. The minimum absolute atomic E-state index is 0.155. The maximum atomic E-state index is 12.0. The molecule has 19 heavy (non-hydrogen) atoms. The van der Waals surface area contributed by atoms with Crippen LogP contribution in [0.4, 0.5) is 0 Å². The van der Waals surface area contributed by atoms with E-state index in [0.717, 1.165) is 0 Å². The summed E-state index contributed by atoms with van der Waals surface area (Å²) in [6.07, 6.45) is -0.155. The summed E-state index contributed by atoms with van der Waals surface area (Å²) in [7, 11) is 0. The lowest BCUT2D eigenvalue weighted by atomic mass is 9.84. The second-order valence-corrected chi connectivity index (χ2v) is 6.12. The number of aromatic nitrogens is 1. The van der Waals surface area contributed by atoms with Gasteiger partial charge >= 0.3 is 5.97 Å². The van der Waals surface area contributed by atoms with Gasteiger partial charge in [-0.05, 0) is 11.5 Å². The molecule has 1 aromatic heterocycles. The van der Waals surface area contributed by atoms with Gasteiger partial charge in [0.2, 0.25) is 0 Å². The van der Waals surface area contributed by atoms with Crippen molar-refractivity contribution < 1.29 is 14.7 Å². The summed E-state index contributed by atoms with van der Waals surface area (Å²) in [5.74, 6) is -1.40. The lowest BCUT2D eigenvalue weighted by Crippen LogP contribution is -2.45. The smallest absolute Gasteiger partial charge is 0.305 e. The average Bonchev–Trinajstić information content (AvgIpc) is 2.56. The van der Waals surface area contributed by atoms with Crippen LogP contribution in [0, 0.1) is 5.41 Å². The number of aromatic amines is 1. The molecule has 1 amide bonds. The van der Waals surface area contributed by atoms with Crippen molar-refractivity contribution in [3.8, 4) is 0 Å². The molecular weight excluding hydrogens is 291 g/mol. The summed E-state index contributed by atoms with van der Waals surface area (Å²) in [6, 6.07) is 0.901. The summed E-state index contributed by atoms with van der Waals surface area (Å²) in [5.41, 5.74) is -0.177. The monoisotopic (exact) mass is 306 g/mol. The Morgan fingerprint density at radius 1 is 1.42 bits per heavy atom. The molecule has 1 heterocycles. The van der Waals surface area contributed by atoms with Gasteiger partial charge in [-0.25, -0.2) is 0 Å². The third-order valence-corrected chi connectivity index (χ3v) is 3.39. The van der Waals surface area contributed by atoms with Crippen molar-refractivity contribution in [2.75, 3.05) is 0 Å². The Kier molecular flexibility index (Phi) is 4.87. The predicted molar refractivity (Wildman–Crippen MR) is 73.8 cm³/mol. The molecule has 7 heteroatoms. The predicted octanol–water partition coefficient (Wildman–Crippen LogP) is 2.94. The molecule has 0 saturated carbocycles. The van der Waals surface area contributed by atoms with E-state index in [2.05, 4.69) is 10.3 Å². The van der Waals surface area contributed by atoms with E-state index in [1.165, 1.54) is 6.07 Å². The van der Waals surface area contributed by atoms with E-state index in [4.69, 9.17) is 28.3 Å². The first kappa shape index (κ1) is 15.9. The zero-order valence-corrected chi connectivity index (χ0v) is 12.4. The second-order valence-electron chi connectivity index (χ2n) is 5.33. The highest BCUT2D eigenvalue weighted by Gasteiger charge is 2.29. The Labute approximate surface area is 121 Å².